The number of rotatable bonds is 12. The fourth-order valence-corrected chi connectivity index (χ4v) is 3.97. The Labute approximate surface area is 221 Å². The fraction of sp³-hybridized carbons (Fsp3) is 0.207. The first-order valence-electron chi connectivity index (χ1n) is 11.5. The number of para-hydroxylation sites is 1. The molecule has 198 valence electrons. The van der Waals surface area contributed by atoms with Crippen LogP contribution in [0.1, 0.15) is 27.0 Å². The molecule has 0 spiro atoms. The summed E-state index contributed by atoms with van der Waals surface area (Å²) < 4.78 is 27.4. The van der Waals surface area contributed by atoms with E-state index in [1.54, 1.807) is 46.6 Å². The lowest BCUT2D eigenvalue weighted by atomic mass is 10.00. The quantitative estimate of drug-likeness (QED) is 0.0973. The van der Waals surface area contributed by atoms with Gasteiger partial charge in [0.1, 0.15) is 0 Å². The standard InChI is InChI=1S/C29H29NO8/c1-34-25-16-15-20(14-13-19-17-26(35-2)29(38-5)27(18-19)36-3)21(28(25)37-4)10-8-12-24(31)22-9-6-7-11-23(22)30(32)33/h6-9,11-18H,10H2,1-5H3/b12-8-,14-13-. The number of nitro benzene ring substituents is 1. The predicted octanol–water partition coefficient (Wildman–Crippen LogP) is 5.79. The van der Waals surface area contributed by atoms with Crippen molar-refractivity contribution in [1.29, 1.82) is 0 Å². The maximum atomic E-state index is 12.7. The second kappa shape index (κ2) is 13.0. The highest BCUT2D eigenvalue weighted by Crippen LogP contribution is 2.39. The molecule has 0 aliphatic carbocycles. The molecular weight excluding hydrogens is 490 g/mol. The summed E-state index contributed by atoms with van der Waals surface area (Å²) in [6.07, 6.45) is 7.07. The van der Waals surface area contributed by atoms with E-state index in [4.69, 9.17) is 23.7 Å². The highest BCUT2D eigenvalue weighted by Gasteiger charge is 2.18. The van der Waals surface area contributed by atoms with Crippen LogP contribution in [0.3, 0.4) is 0 Å². The molecule has 3 aromatic carbocycles. The van der Waals surface area contributed by atoms with Gasteiger partial charge in [0.15, 0.2) is 28.8 Å². The second-order valence-corrected chi connectivity index (χ2v) is 7.91. The maximum absolute atomic E-state index is 12.7. The van der Waals surface area contributed by atoms with Crippen molar-refractivity contribution in [2.45, 2.75) is 6.42 Å². The molecule has 0 heterocycles. The Kier molecular flexibility index (Phi) is 9.48. The van der Waals surface area contributed by atoms with Crippen LogP contribution in [0.5, 0.6) is 28.7 Å². The molecule has 3 rings (SSSR count). The van der Waals surface area contributed by atoms with Gasteiger partial charge in [-0.05, 0) is 47.9 Å². The smallest absolute Gasteiger partial charge is 0.280 e. The molecular formula is C29H29NO8. The topological polar surface area (TPSA) is 106 Å². The number of methoxy groups -OCH3 is 5. The van der Waals surface area contributed by atoms with Crippen molar-refractivity contribution in [2.75, 3.05) is 35.5 Å². The summed E-state index contributed by atoms with van der Waals surface area (Å²) in [6.45, 7) is 0. The molecule has 0 saturated carbocycles. The van der Waals surface area contributed by atoms with Crippen LogP contribution in [-0.4, -0.2) is 46.3 Å². The van der Waals surface area contributed by atoms with Crippen molar-refractivity contribution in [3.05, 3.63) is 93.1 Å². The van der Waals surface area contributed by atoms with Crippen molar-refractivity contribution < 1.29 is 33.4 Å². The lowest BCUT2D eigenvalue weighted by Crippen LogP contribution is -2.01. The third-order valence-electron chi connectivity index (χ3n) is 5.78. The fourth-order valence-electron chi connectivity index (χ4n) is 3.97. The van der Waals surface area contributed by atoms with E-state index in [1.807, 2.05) is 30.4 Å². The van der Waals surface area contributed by atoms with Crippen LogP contribution in [0, 0.1) is 10.1 Å². The number of carbonyl (C=O) groups is 1. The Balaban J connectivity index is 1.98. The first-order chi connectivity index (χ1) is 18.4. The molecule has 0 N–H and O–H groups in total. The summed E-state index contributed by atoms with van der Waals surface area (Å²) in [5.41, 5.74) is 2.17. The van der Waals surface area contributed by atoms with Crippen LogP contribution in [0.15, 0.2) is 60.7 Å². The van der Waals surface area contributed by atoms with Crippen molar-refractivity contribution >= 4 is 23.6 Å². The van der Waals surface area contributed by atoms with Crippen LogP contribution in [-0.2, 0) is 6.42 Å². The van der Waals surface area contributed by atoms with Gasteiger partial charge < -0.3 is 23.7 Å². The zero-order chi connectivity index (χ0) is 27.7. The average molecular weight is 520 g/mol. The summed E-state index contributed by atoms with van der Waals surface area (Å²) in [5, 5.41) is 11.3. The van der Waals surface area contributed by atoms with E-state index in [-0.39, 0.29) is 11.3 Å². The molecule has 38 heavy (non-hydrogen) atoms. The van der Waals surface area contributed by atoms with Crippen molar-refractivity contribution in [3.63, 3.8) is 0 Å². The molecule has 0 atom stereocenters. The zero-order valence-electron chi connectivity index (χ0n) is 21.8. The van der Waals surface area contributed by atoms with Crippen molar-refractivity contribution in [3.8, 4) is 28.7 Å². The Hall–Kier alpha value is -4.79. The number of ketones is 1. The van der Waals surface area contributed by atoms with E-state index >= 15 is 0 Å². The number of carbonyl (C=O) groups excluding carboxylic acids is 1. The molecule has 0 fully saturated rings. The first-order valence-corrected chi connectivity index (χ1v) is 11.5. The van der Waals surface area contributed by atoms with E-state index in [0.29, 0.717) is 35.2 Å². The van der Waals surface area contributed by atoms with Gasteiger partial charge in [0.2, 0.25) is 5.75 Å². The van der Waals surface area contributed by atoms with E-state index in [2.05, 4.69) is 0 Å². The monoisotopic (exact) mass is 519 g/mol. The summed E-state index contributed by atoms with van der Waals surface area (Å²) >= 11 is 0. The number of nitro groups is 1. The van der Waals surface area contributed by atoms with Gasteiger partial charge in [-0.3, -0.25) is 14.9 Å². The van der Waals surface area contributed by atoms with Crippen LogP contribution >= 0.6 is 0 Å². The highest BCUT2D eigenvalue weighted by atomic mass is 16.6. The Bertz CT molecular complexity index is 1350. The number of hydrogen-bond acceptors (Lipinski definition) is 8. The van der Waals surface area contributed by atoms with Crippen LogP contribution in [0.25, 0.3) is 12.2 Å². The normalized spacial score (nSPS) is 11.0. The van der Waals surface area contributed by atoms with E-state index in [0.717, 1.165) is 16.7 Å². The molecule has 9 heteroatoms. The minimum Gasteiger partial charge on any atom is -0.493 e. The van der Waals surface area contributed by atoms with E-state index < -0.39 is 10.7 Å². The summed E-state index contributed by atoms with van der Waals surface area (Å²) in [4.78, 5) is 23.4. The predicted molar refractivity (Wildman–Crippen MR) is 145 cm³/mol. The van der Waals surface area contributed by atoms with Crippen molar-refractivity contribution in [1.82, 2.24) is 0 Å². The molecule has 0 radical (unpaired) electrons. The lowest BCUT2D eigenvalue weighted by molar-refractivity contribution is -0.385. The number of hydrogen-bond donors (Lipinski definition) is 0. The van der Waals surface area contributed by atoms with Crippen LogP contribution < -0.4 is 23.7 Å². The van der Waals surface area contributed by atoms with E-state index in [1.165, 1.54) is 31.4 Å². The SMILES string of the molecule is COc1cc(/C=C\c2ccc(OC)c(OC)c2C/C=C\C(=O)c2ccccc2[N+](=O)[O-])cc(OC)c1OC. The Morgan fingerprint density at radius 2 is 1.45 bits per heavy atom. The summed E-state index contributed by atoms with van der Waals surface area (Å²) in [7, 11) is 7.72. The van der Waals surface area contributed by atoms with Crippen molar-refractivity contribution in [2.24, 2.45) is 0 Å². The van der Waals surface area contributed by atoms with Gasteiger partial charge in [0, 0.05) is 11.6 Å². The van der Waals surface area contributed by atoms with Gasteiger partial charge in [0.05, 0.1) is 46.0 Å². The van der Waals surface area contributed by atoms with Gasteiger partial charge in [-0.1, -0.05) is 36.4 Å². The molecule has 0 aromatic heterocycles. The largest absolute Gasteiger partial charge is 0.493 e. The zero-order valence-corrected chi connectivity index (χ0v) is 21.8. The number of allylic oxidation sites excluding steroid dienone is 2. The number of benzene rings is 3. The van der Waals surface area contributed by atoms with Gasteiger partial charge in [-0.25, -0.2) is 0 Å². The Morgan fingerprint density at radius 1 is 0.816 bits per heavy atom. The number of ether oxygens (including phenoxy) is 5. The lowest BCUT2D eigenvalue weighted by Gasteiger charge is -2.15. The van der Waals surface area contributed by atoms with Gasteiger partial charge in [-0.15, -0.1) is 0 Å². The molecule has 0 aliphatic rings. The molecule has 0 aliphatic heterocycles. The van der Waals surface area contributed by atoms with Crippen LogP contribution in [0.2, 0.25) is 0 Å². The summed E-state index contributed by atoms with van der Waals surface area (Å²) in [6, 6.07) is 13.2. The third-order valence-corrected chi connectivity index (χ3v) is 5.78. The van der Waals surface area contributed by atoms with Gasteiger partial charge >= 0.3 is 0 Å². The first kappa shape index (κ1) is 27.8. The molecule has 0 amide bonds. The molecule has 0 unspecified atom stereocenters. The van der Waals surface area contributed by atoms with Gasteiger partial charge in [-0.2, -0.15) is 0 Å². The minimum absolute atomic E-state index is 0.0221. The van der Waals surface area contributed by atoms with E-state index in [9.17, 15) is 14.9 Å². The highest BCUT2D eigenvalue weighted by molar-refractivity contribution is 6.07. The molecule has 3 aromatic rings. The third kappa shape index (κ3) is 6.12. The molecule has 0 saturated heterocycles. The average Bonchev–Trinajstić information content (AvgIpc) is 2.95. The second-order valence-electron chi connectivity index (χ2n) is 7.91. The van der Waals surface area contributed by atoms with Gasteiger partial charge in [0.25, 0.3) is 5.69 Å². The minimum atomic E-state index is -0.571. The van der Waals surface area contributed by atoms with Crippen LogP contribution in [0.4, 0.5) is 5.69 Å². The summed E-state index contributed by atoms with van der Waals surface area (Å²) in [5.74, 6) is 2.13. The number of nitrogens with zero attached hydrogens (tertiary/aromatic N) is 1. The molecule has 9 nitrogen and oxygen atoms in total. The maximum Gasteiger partial charge on any atom is 0.280 e. The Morgan fingerprint density at radius 3 is 2.03 bits per heavy atom. The molecule has 0 bridgehead atoms.